The number of hydrogen-bond acceptors (Lipinski definition) is 5. The first-order chi connectivity index (χ1) is 11.0. The molecule has 0 bridgehead atoms. The number of nitrogens with one attached hydrogen (secondary N) is 1. The third-order valence-corrected chi connectivity index (χ3v) is 4.36. The molecule has 0 fully saturated rings. The molecule has 0 radical (unpaired) electrons. The highest BCUT2D eigenvalue weighted by Crippen LogP contribution is 2.32. The van der Waals surface area contributed by atoms with Gasteiger partial charge in [0.2, 0.25) is 0 Å². The van der Waals surface area contributed by atoms with Crippen molar-refractivity contribution in [3.63, 3.8) is 0 Å². The lowest BCUT2D eigenvalue weighted by atomic mass is 10.1. The maximum absolute atomic E-state index is 10.7. The molecule has 0 aliphatic rings. The quantitative estimate of drug-likeness (QED) is 0.470. The fourth-order valence-corrected chi connectivity index (χ4v) is 3.11. The highest BCUT2D eigenvalue weighted by atomic mass is 35.5. The van der Waals surface area contributed by atoms with Gasteiger partial charge in [-0.05, 0) is 30.3 Å². The van der Waals surface area contributed by atoms with Crippen LogP contribution in [0.1, 0.15) is 0 Å². The summed E-state index contributed by atoms with van der Waals surface area (Å²) in [5.74, 6) is 0. The lowest BCUT2D eigenvalue weighted by molar-refractivity contribution is -0.384. The first-order valence-electron chi connectivity index (χ1n) is 6.45. The van der Waals surface area contributed by atoms with Crippen molar-refractivity contribution in [1.82, 2.24) is 4.98 Å². The first kappa shape index (κ1) is 15.7. The minimum Gasteiger partial charge on any atom is -0.330 e. The van der Waals surface area contributed by atoms with Gasteiger partial charge in [0.25, 0.3) is 5.69 Å². The molecule has 0 spiro atoms. The van der Waals surface area contributed by atoms with E-state index in [4.69, 9.17) is 23.2 Å². The van der Waals surface area contributed by atoms with Crippen LogP contribution in [0.2, 0.25) is 10.0 Å². The Balaban J connectivity index is 1.81. The zero-order valence-electron chi connectivity index (χ0n) is 11.5. The second-order valence-corrected chi connectivity index (χ2v) is 6.29. The molecule has 0 amide bonds. The van der Waals surface area contributed by atoms with Gasteiger partial charge in [0.15, 0.2) is 5.13 Å². The lowest BCUT2D eigenvalue weighted by Gasteiger charge is -2.05. The number of nitrogens with zero attached hydrogens (tertiary/aromatic N) is 2. The van der Waals surface area contributed by atoms with Gasteiger partial charge in [0.05, 0.1) is 21.3 Å². The van der Waals surface area contributed by atoms with Crippen molar-refractivity contribution >= 4 is 51.0 Å². The molecular weight excluding hydrogens is 357 g/mol. The van der Waals surface area contributed by atoms with E-state index in [0.717, 1.165) is 11.3 Å². The van der Waals surface area contributed by atoms with Crippen LogP contribution >= 0.6 is 34.5 Å². The summed E-state index contributed by atoms with van der Waals surface area (Å²) in [6.45, 7) is 0. The molecule has 0 aliphatic carbocycles. The average Bonchev–Trinajstić information content (AvgIpc) is 2.99. The van der Waals surface area contributed by atoms with E-state index in [0.29, 0.717) is 20.9 Å². The molecule has 23 heavy (non-hydrogen) atoms. The number of nitro groups is 1. The van der Waals surface area contributed by atoms with Crippen molar-refractivity contribution in [2.75, 3.05) is 5.32 Å². The van der Waals surface area contributed by atoms with Crippen LogP contribution in [0.15, 0.2) is 47.8 Å². The molecule has 3 rings (SSSR count). The summed E-state index contributed by atoms with van der Waals surface area (Å²) in [6, 6.07) is 11.4. The summed E-state index contributed by atoms with van der Waals surface area (Å²) in [4.78, 5) is 14.7. The number of hydrogen-bond donors (Lipinski definition) is 1. The SMILES string of the molecule is O=[N+]([O-])c1ccc(-c2csc(Nc3ccc(Cl)cc3Cl)n2)cc1. The molecular formula is C15H9Cl2N3O2S. The minimum atomic E-state index is -0.430. The number of anilines is 2. The van der Waals surface area contributed by atoms with Gasteiger partial charge >= 0.3 is 0 Å². The Kier molecular flexibility index (Phi) is 4.47. The van der Waals surface area contributed by atoms with Crippen molar-refractivity contribution in [1.29, 1.82) is 0 Å². The topological polar surface area (TPSA) is 68.1 Å². The molecule has 116 valence electrons. The zero-order chi connectivity index (χ0) is 16.4. The second-order valence-electron chi connectivity index (χ2n) is 4.59. The number of halogens is 2. The van der Waals surface area contributed by atoms with Crippen molar-refractivity contribution in [3.8, 4) is 11.3 Å². The highest BCUT2D eigenvalue weighted by molar-refractivity contribution is 7.14. The average molecular weight is 366 g/mol. The Morgan fingerprint density at radius 3 is 2.52 bits per heavy atom. The van der Waals surface area contributed by atoms with Crippen molar-refractivity contribution < 1.29 is 4.92 Å². The van der Waals surface area contributed by atoms with Gasteiger partial charge in [0.1, 0.15) is 0 Å². The molecule has 0 unspecified atom stereocenters. The Morgan fingerprint density at radius 2 is 1.87 bits per heavy atom. The lowest BCUT2D eigenvalue weighted by Crippen LogP contribution is -1.91. The normalized spacial score (nSPS) is 10.5. The summed E-state index contributed by atoms with van der Waals surface area (Å²) in [5, 5.41) is 17.4. The van der Waals surface area contributed by atoms with Gasteiger partial charge in [-0.15, -0.1) is 11.3 Å². The molecule has 1 heterocycles. The second kappa shape index (κ2) is 6.54. The van der Waals surface area contributed by atoms with Crippen LogP contribution in [-0.4, -0.2) is 9.91 Å². The molecule has 5 nitrogen and oxygen atoms in total. The standard InChI is InChI=1S/C15H9Cl2N3O2S/c16-10-3-6-13(12(17)7-10)18-15-19-14(8-23-15)9-1-4-11(5-2-9)20(21)22/h1-8H,(H,18,19). The fraction of sp³-hybridized carbons (Fsp3) is 0. The molecule has 0 atom stereocenters. The third kappa shape index (κ3) is 3.61. The largest absolute Gasteiger partial charge is 0.330 e. The molecule has 2 aromatic carbocycles. The predicted molar refractivity (Wildman–Crippen MR) is 93.9 cm³/mol. The molecule has 8 heteroatoms. The van der Waals surface area contributed by atoms with Gasteiger partial charge in [-0.3, -0.25) is 10.1 Å². The van der Waals surface area contributed by atoms with Crippen LogP contribution in [0.5, 0.6) is 0 Å². The maximum Gasteiger partial charge on any atom is 0.269 e. The number of aromatic nitrogens is 1. The Bertz CT molecular complexity index is 865. The summed E-state index contributed by atoms with van der Waals surface area (Å²) in [6.07, 6.45) is 0. The van der Waals surface area contributed by atoms with Gasteiger partial charge in [-0.2, -0.15) is 0 Å². The molecule has 1 aromatic heterocycles. The Hall–Kier alpha value is -2.15. The molecule has 3 aromatic rings. The number of thiazole rings is 1. The van der Waals surface area contributed by atoms with Gasteiger partial charge in [0, 0.05) is 28.1 Å². The van der Waals surface area contributed by atoms with E-state index in [-0.39, 0.29) is 5.69 Å². The number of benzene rings is 2. The zero-order valence-corrected chi connectivity index (χ0v) is 13.8. The summed E-state index contributed by atoms with van der Waals surface area (Å²) >= 11 is 13.4. The van der Waals surface area contributed by atoms with Gasteiger partial charge in [-0.1, -0.05) is 23.2 Å². The molecule has 0 saturated carbocycles. The predicted octanol–water partition coefficient (Wildman–Crippen LogP) is 5.77. The van der Waals surface area contributed by atoms with E-state index in [9.17, 15) is 10.1 Å². The van der Waals surface area contributed by atoms with Crippen LogP contribution < -0.4 is 5.32 Å². The number of non-ortho nitro benzene ring substituents is 1. The number of rotatable bonds is 4. The van der Waals surface area contributed by atoms with E-state index < -0.39 is 4.92 Å². The smallest absolute Gasteiger partial charge is 0.269 e. The van der Waals surface area contributed by atoms with Crippen LogP contribution in [0.4, 0.5) is 16.5 Å². The highest BCUT2D eigenvalue weighted by Gasteiger charge is 2.09. The van der Waals surface area contributed by atoms with Crippen molar-refractivity contribution in [3.05, 3.63) is 68.0 Å². The van der Waals surface area contributed by atoms with Crippen LogP contribution in [-0.2, 0) is 0 Å². The Labute approximate surface area is 145 Å². The van der Waals surface area contributed by atoms with E-state index in [1.54, 1.807) is 30.3 Å². The summed E-state index contributed by atoms with van der Waals surface area (Å²) in [7, 11) is 0. The maximum atomic E-state index is 10.7. The van der Waals surface area contributed by atoms with E-state index in [1.165, 1.54) is 23.5 Å². The summed E-state index contributed by atoms with van der Waals surface area (Å²) < 4.78 is 0. The molecule has 0 aliphatic heterocycles. The van der Waals surface area contributed by atoms with E-state index in [2.05, 4.69) is 10.3 Å². The monoisotopic (exact) mass is 365 g/mol. The summed E-state index contributed by atoms with van der Waals surface area (Å²) in [5.41, 5.74) is 2.30. The molecule has 1 N–H and O–H groups in total. The van der Waals surface area contributed by atoms with Crippen LogP contribution in [0.25, 0.3) is 11.3 Å². The van der Waals surface area contributed by atoms with E-state index in [1.807, 2.05) is 5.38 Å². The number of nitro benzene ring substituents is 1. The van der Waals surface area contributed by atoms with Gasteiger partial charge < -0.3 is 5.32 Å². The first-order valence-corrected chi connectivity index (χ1v) is 8.09. The van der Waals surface area contributed by atoms with Crippen molar-refractivity contribution in [2.45, 2.75) is 0 Å². The van der Waals surface area contributed by atoms with Crippen LogP contribution in [0.3, 0.4) is 0 Å². The fourth-order valence-electron chi connectivity index (χ4n) is 1.92. The molecule has 0 saturated heterocycles. The van der Waals surface area contributed by atoms with Gasteiger partial charge in [-0.25, -0.2) is 4.98 Å². The third-order valence-electron chi connectivity index (χ3n) is 3.05. The Morgan fingerprint density at radius 1 is 1.13 bits per heavy atom. The minimum absolute atomic E-state index is 0.0512. The van der Waals surface area contributed by atoms with Crippen LogP contribution in [0, 0.1) is 10.1 Å². The van der Waals surface area contributed by atoms with E-state index >= 15 is 0 Å². The van der Waals surface area contributed by atoms with Crippen molar-refractivity contribution in [2.24, 2.45) is 0 Å².